The maximum absolute atomic E-state index is 10.8. The Bertz CT molecular complexity index is 313. The molecule has 4 heteroatoms. The van der Waals surface area contributed by atoms with Crippen LogP contribution in [0.5, 0.6) is 0 Å². The van der Waals surface area contributed by atoms with Gasteiger partial charge in [-0.25, -0.2) is 0 Å². The zero-order valence-corrected chi connectivity index (χ0v) is 8.41. The first-order valence-corrected chi connectivity index (χ1v) is 4.42. The predicted molar refractivity (Wildman–Crippen MR) is 52.7 cm³/mol. The van der Waals surface area contributed by atoms with Gasteiger partial charge < -0.3 is 10.1 Å². The fraction of sp³-hybridized carbons (Fsp3) is 0.400. The number of hydrogen-bond donors (Lipinski definition) is 1. The lowest BCUT2D eigenvalue weighted by molar-refractivity contribution is -0.139. The minimum absolute atomic E-state index is 0.215. The summed E-state index contributed by atoms with van der Waals surface area (Å²) in [7, 11) is 1.37. The highest BCUT2D eigenvalue weighted by molar-refractivity contribution is 5.71. The van der Waals surface area contributed by atoms with E-state index in [4.69, 9.17) is 0 Å². The number of hydrogen-bond acceptors (Lipinski definition) is 4. The number of pyridine rings is 1. The minimum Gasteiger partial charge on any atom is -0.468 e. The molecule has 76 valence electrons. The smallest absolute Gasteiger partial charge is 0.319 e. The molecule has 1 aromatic rings. The number of ether oxygens (including phenoxy) is 1. The summed E-state index contributed by atoms with van der Waals surface area (Å²) >= 11 is 0. The number of nitrogens with one attached hydrogen (secondary N) is 1. The van der Waals surface area contributed by atoms with E-state index >= 15 is 0 Å². The van der Waals surface area contributed by atoms with Crippen LogP contribution >= 0.6 is 0 Å². The Morgan fingerprint density at radius 3 is 3.07 bits per heavy atom. The van der Waals surface area contributed by atoms with Gasteiger partial charge in [-0.2, -0.15) is 0 Å². The van der Waals surface area contributed by atoms with Crippen molar-refractivity contribution in [2.24, 2.45) is 0 Å². The van der Waals surface area contributed by atoms with Crippen LogP contribution in [0.3, 0.4) is 0 Å². The molecule has 0 spiro atoms. The van der Waals surface area contributed by atoms with Gasteiger partial charge in [-0.15, -0.1) is 0 Å². The largest absolute Gasteiger partial charge is 0.468 e. The molecule has 0 amide bonds. The summed E-state index contributed by atoms with van der Waals surface area (Å²) in [6.45, 7) is 2.79. The monoisotopic (exact) mass is 194 g/mol. The molecule has 0 aromatic carbocycles. The van der Waals surface area contributed by atoms with E-state index in [1.807, 2.05) is 19.1 Å². The SMILES string of the molecule is COC(=O)CNCc1ncccc1C. The van der Waals surface area contributed by atoms with E-state index < -0.39 is 0 Å². The summed E-state index contributed by atoms with van der Waals surface area (Å²) < 4.78 is 4.50. The Kier molecular flexibility index (Phi) is 4.07. The second kappa shape index (κ2) is 5.34. The molecule has 0 atom stereocenters. The quantitative estimate of drug-likeness (QED) is 0.715. The highest BCUT2D eigenvalue weighted by Gasteiger charge is 2.01. The van der Waals surface area contributed by atoms with Crippen LogP contribution in [0, 0.1) is 6.92 Å². The molecule has 1 rings (SSSR count). The topological polar surface area (TPSA) is 51.2 Å². The number of esters is 1. The highest BCUT2D eigenvalue weighted by Crippen LogP contribution is 2.01. The van der Waals surface area contributed by atoms with Crippen molar-refractivity contribution in [3.05, 3.63) is 29.6 Å². The van der Waals surface area contributed by atoms with Crippen LogP contribution in [-0.4, -0.2) is 24.6 Å². The normalized spacial score (nSPS) is 9.86. The molecule has 0 saturated heterocycles. The van der Waals surface area contributed by atoms with Gasteiger partial charge >= 0.3 is 5.97 Å². The average Bonchev–Trinajstić information content (AvgIpc) is 2.20. The molecule has 14 heavy (non-hydrogen) atoms. The van der Waals surface area contributed by atoms with Crippen molar-refractivity contribution in [2.75, 3.05) is 13.7 Å². The van der Waals surface area contributed by atoms with Crippen molar-refractivity contribution in [3.8, 4) is 0 Å². The second-order valence-corrected chi connectivity index (χ2v) is 2.95. The zero-order chi connectivity index (χ0) is 10.4. The Hall–Kier alpha value is -1.42. The van der Waals surface area contributed by atoms with Gasteiger partial charge in [0.15, 0.2) is 0 Å². The zero-order valence-electron chi connectivity index (χ0n) is 8.41. The first kappa shape index (κ1) is 10.7. The molecular formula is C10H14N2O2. The molecular weight excluding hydrogens is 180 g/mol. The van der Waals surface area contributed by atoms with Crippen molar-refractivity contribution in [1.29, 1.82) is 0 Å². The standard InChI is InChI=1S/C10H14N2O2/c1-8-4-3-5-12-9(8)6-11-7-10(13)14-2/h3-5,11H,6-7H2,1-2H3. The molecule has 4 nitrogen and oxygen atoms in total. The second-order valence-electron chi connectivity index (χ2n) is 2.95. The first-order chi connectivity index (χ1) is 6.74. The molecule has 1 N–H and O–H groups in total. The molecule has 0 aliphatic rings. The van der Waals surface area contributed by atoms with E-state index in [2.05, 4.69) is 15.0 Å². The van der Waals surface area contributed by atoms with Crippen LogP contribution in [0.4, 0.5) is 0 Å². The van der Waals surface area contributed by atoms with E-state index in [1.54, 1.807) is 6.20 Å². The summed E-state index contributed by atoms with van der Waals surface area (Å²) in [5.74, 6) is -0.265. The van der Waals surface area contributed by atoms with Gasteiger partial charge in [0.25, 0.3) is 0 Å². The molecule has 0 unspecified atom stereocenters. The Labute approximate surface area is 83.3 Å². The summed E-state index contributed by atoms with van der Waals surface area (Å²) in [5, 5.41) is 2.96. The number of rotatable bonds is 4. The van der Waals surface area contributed by atoms with Crippen LogP contribution in [0.15, 0.2) is 18.3 Å². The van der Waals surface area contributed by atoms with Crippen LogP contribution in [-0.2, 0) is 16.1 Å². The fourth-order valence-electron chi connectivity index (χ4n) is 1.06. The molecule has 0 saturated carbocycles. The fourth-order valence-corrected chi connectivity index (χ4v) is 1.06. The van der Waals surface area contributed by atoms with Crippen molar-refractivity contribution in [2.45, 2.75) is 13.5 Å². The number of nitrogens with zero attached hydrogens (tertiary/aromatic N) is 1. The van der Waals surface area contributed by atoms with Crippen LogP contribution < -0.4 is 5.32 Å². The third-order valence-electron chi connectivity index (χ3n) is 1.91. The van der Waals surface area contributed by atoms with Gasteiger partial charge in [0.2, 0.25) is 0 Å². The van der Waals surface area contributed by atoms with E-state index in [9.17, 15) is 4.79 Å². The van der Waals surface area contributed by atoms with Crippen molar-refractivity contribution >= 4 is 5.97 Å². The Morgan fingerprint density at radius 1 is 1.64 bits per heavy atom. The van der Waals surface area contributed by atoms with E-state index in [0.29, 0.717) is 6.54 Å². The van der Waals surface area contributed by atoms with Gasteiger partial charge in [-0.05, 0) is 18.6 Å². The van der Waals surface area contributed by atoms with Crippen LogP contribution in [0.2, 0.25) is 0 Å². The first-order valence-electron chi connectivity index (χ1n) is 4.42. The summed E-state index contributed by atoms with van der Waals surface area (Å²) in [5.41, 5.74) is 2.07. The number of carbonyl (C=O) groups is 1. The summed E-state index contributed by atoms with van der Waals surface area (Å²) in [6.07, 6.45) is 1.74. The Morgan fingerprint density at radius 2 is 2.43 bits per heavy atom. The molecule has 1 heterocycles. The number of aryl methyl sites for hydroxylation is 1. The van der Waals surface area contributed by atoms with Gasteiger partial charge in [0.05, 0.1) is 19.3 Å². The van der Waals surface area contributed by atoms with E-state index in [0.717, 1.165) is 11.3 Å². The lowest BCUT2D eigenvalue weighted by Gasteiger charge is -2.05. The molecule has 0 fully saturated rings. The highest BCUT2D eigenvalue weighted by atomic mass is 16.5. The van der Waals surface area contributed by atoms with Gasteiger partial charge in [0, 0.05) is 12.7 Å². The number of carbonyl (C=O) groups excluding carboxylic acids is 1. The molecule has 0 aliphatic carbocycles. The van der Waals surface area contributed by atoms with Gasteiger partial charge in [-0.3, -0.25) is 9.78 Å². The average molecular weight is 194 g/mol. The molecule has 0 aliphatic heterocycles. The number of methoxy groups -OCH3 is 1. The van der Waals surface area contributed by atoms with Crippen LogP contribution in [0.1, 0.15) is 11.3 Å². The predicted octanol–water partition coefficient (Wildman–Crippen LogP) is 0.653. The molecule has 0 bridgehead atoms. The van der Waals surface area contributed by atoms with Crippen molar-refractivity contribution in [3.63, 3.8) is 0 Å². The maximum Gasteiger partial charge on any atom is 0.319 e. The lowest BCUT2D eigenvalue weighted by Crippen LogP contribution is -2.24. The molecule has 1 aromatic heterocycles. The Balaban J connectivity index is 2.39. The van der Waals surface area contributed by atoms with Gasteiger partial charge in [-0.1, -0.05) is 6.07 Å². The van der Waals surface area contributed by atoms with Gasteiger partial charge in [0.1, 0.15) is 0 Å². The van der Waals surface area contributed by atoms with Crippen molar-refractivity contribution in [1.82, 2.24) is 10.3 Å². The summed E-state index contributed by atoms with van der Waals surface area (Å²) in [6, 6.07) is 3.88. The third-order valence-corrected chi connectivity index (χ3v) is 1.91. The number of aromatic nitrogens is 1. The third kappa shape index (κ3) is 3.14. The van der Waals surface area contributed by atoms with E-state index in [1.165, 1.54) is 7.11 Å². The van der Waals surface area contributed by atoms with Crippen molar-refractivity contribution < 1.29 is 9.53 Å². The maximum atomic E-state index is 10.8. The van der Waals surface area contributed by atoms with Crippen LogP contribution in [0.25, 0.3) is 0 Å². The summed E-state index contributed by atoms with van der Waals surface area (Å²) in [4.78, 5) is 15.0. The minimum atomic E-state index is -0.265. The lowest BCUT2D eigenvalue weighted by atomic mass is 10.2. The molecule has 0 radical (unpaired) electrons. The van der Waals surface area contributed by atoms with E-state index in [-0.39, 0.29) is 12.5 Å².